The van der Waals surface area contributed by atoms with Crippen LogP contribution in [0.25, 0.3) is 12.2 Å². The highest BCUT2D eigenvalue weighted by molar-refractivity contribution is 7.73. The van der Waals surface area contributed by atoms with Crippen LogP contribution in [0, 0.1) is 4.77 Å². The lowest BCUT2D eigenvalue weighted by Gasteiger charge is -2.34. The van der Waals surface area contributed by atoms with E-state index in [1.165, 1.54) is 59.4 Å². The third-order valence-corrected chi connectivity index (χ3v) is 28.7. The summed E-state index contributed by atoms with van der Waals surface area (Å²) >= 11 is 5.24. The van der Waals surface area contributed by atoms with Crippen molar-refractivity contribution >= 4 is 102 Å². The van der Waals surface area contributed by atoms with Gasteiger partial charge in [0.1, 0.15) is 66.9 Å². The van der Waals surface area contributed by atoms with Gasteiger partial charge in [-0.3, -0.25) is 67.0 Å². The lowest BCUT2D eigenvalue weighted by atomic mass is 10.1. The van der Waals surface area contributed by atoms with E-state index in [2.05, 4.69) is 147 Å². The van der Waals surface area contributed by atoms with Crippen LogP contribution in [-0.2, 0) is 46.4 Å². The predicted octanol–water partition coefficient (Wildman–Crippen LogP) is 1.92. The second-order valence-corrected chi connectivity index (χ2v) is 57.8. The zero-order valence-electron chi connectivity index (χ0n) is 74.9. The summed E-state index contributed by atoms with van der Waals surface area (Å²) in [6.45, 7) is 31.4. The van der Waals surface area contributed by atoms with Crippen molar-refractivity contribution in [2.75, 3.05) is 111 Å². The summed E-state index contributed by atoms with van der Waals surface area (Å²) in [5.41, 5.74) is -2.42. The van der Waals surface area contributed by atoms with Crippen molar-refractivity contribution < 1.29 is 84.3 Å². The lowest BCUT2D eigenvalue weighted by Crippen LogP contribution is -2.47. The van der Waals surface area contributed by atoms with E-state index in [4.69, 9.17) is 35.9 Å². The fraction of sp³-hybridized carbons (Fsp3) is 0.607. The number of aliphatic hydroxyl groups excluding tert-OH is 10. The average molecular weight is 1890 g/mol. The van der Waals surface area contributed by atoms with E-state index in [1.807, 2.05) is 20.8 Å². The van der Waals surface area contributed by atoms with Crippen LogP contribution < -0.4 is 55.3 Å². The molecule has 0 bridgehead atoms. The quantitative estimate of drug-likeness (QED) is 0.0140. The molecule has 4 aromatic rings. The van der Waals surface area contributed by atoms with Crippen LogP contribution in [0.1, 0.15) is 126 Å². The van der Waals surface area contributed by atoms with E-state index < -0.39 is 191 Å². The normalized spacial score (nSPS) is 27.6. The van der Waals surface area contributed by atoms with E-state index in [1.54, 1.807) is 18.3 Å². The van der Waals surface area contributed by atoms with Gasteiger partial charge in [0.15, 0.2) is 41.7 Å². The number of amides is 1. The summed E-state index contributed by atoms with van der Waals surface area (Å²) in [4.78, 5) is 118. The van der Waals surface area contributed by atoms with Gasteiger partial charge in [-0.05, 0) is 193 Å². The van der Waals surface area contributed by atoms with Gasteiger partial charge in [0.05, 0.1) is 47.2 Å². The molecule has 17 N–H and O–H groups in total. The Morgan fingerprint density at radius 1 is 0.452 bits per heavy atom. The zero-order valence-corrected chi connectivity index (χ0v) is 80.1. The highest BCUT2D eigenvalue weighted by Crippen LogP contribution is 2.44. The third-order valence-electron chi connectivity index (χ3n) is 21.1. The van der Waals surface area contributed by atoms with Gasteiger partial charge in [-0.15, -0.1) is 65.9 Å². The van der Waals surface area contributed by atoms with E-state index in [-0.39, 0.29) is 27.6 Å². The molecule has 0 aromatic carbocycles. The number of carbonyl (C=O) groups is 2. The SMILES string of the molecule is C=CC1=CN([C@@H]2O[C@H](CCP(=C)(C)C)[C@@H](O)[C@H]2O)C(=C)NC1=O.C=P(C)(C)CC[C@H]1O[C@@H](n2cc(/C=C/C(C)=O)c(=O)[nH]c2=O)[C@H](O)[C@@H]1O.C=P(C)(C)CC[C@H]1O[C@@H](n2cc(/C=C/CC)c(=O)[nH]c2=O)[C@H](O)[C@@H]1O.C=P(C)(C)CC[C@H]1O[C@@H](n2cc(CNCCC)c(=O)[nH]c2=O)[C@H](O)[C@@H]1O.C=P(C)(C)CC[C@H]1O[C@@H](n2cc(CNCCC)c(=O)[nH]c2=S)[C@H](O)[C@@H]1O. The molecule has 0 saturated carbocycles. The smallest absolute Gasteiger partial charge is 0.330 e. The van der Waals surface area contributed by atoms with Crippen LogP contribution in [0.5, 0.6) is 0 Å². The number of rotatable bonds is 33. The second-order valence-electron chi connectivity index (χ2n) is 35.8. The van der Waals surface area contributed by atoms with Crippen molar-refractivity contribution in [3.63, 3.8) is 0 Å². The Hall–Kier alpha value is -6.40. The maximum absolute atomic E-state index is 12.2. The molecule has 0 unspecified atom stereocenters. The van der Waals surface area contributed by atoms with Crippen molar-refractivity contribution in [2.24, 2.45) is 0 Å². The fourth-order valence-corrected chi connectivity index (χ4v) is 18.9. The topological polar surface area (TPSA) is 524 Å². The molecule has 20 atom stereocenters. The van der Waals surface area contributed by atoms with Crippen LogP contribution in [0.3, 0.4) is 0 Å². The van der Waals surface area contributed by atoms with E-state index >= 15 is 0 Å². The van der Waals surface area contributed by atoms with Crippen molar-refractivity contribution in [3.05, 3.63) is 174 Å². The Bertz CT molecular complexity index is 5150. The Labute approximate surface area is 740 Å². The van der Waals surface area contributed by atoms with Gasteiger partial charge in [-0.1, -0.05) is 52.2 Å². The number of aromatic amines is 4. The Balaban J connectivity index is 0.000000243. The van der Waals surface area contributed by atoms with Crippen molar-refractivity contribution in [3.8, 4) is 0 Å². The Morgan fingerprint density at radius 2 is 0.754 bits per heavy atom. The Kier molecular flexibility index (Phi) is 40.9. The van der Waals surface area contributed by atoms with Crippen LogP contribution in [0.4, 0.5) is 0 Å². The molecule has 10 rings (SSSR count). The molecule has 6 aliphatic heterocycles. The molecule has 0 spiro atoms. The first-order chi connectivity index (χ1) is 58.5. The summed E-state index contributed by atoms with van der Waals surface area (Å²) in [5.74, 6) is -0.272. The molecular weight excluding hydrogens is 1750 g/mol. The van der Waals surface area contributed by atoms with Gasteiger partial charge >= 0.3 is 17.1 Å². The molecule has 708 valence electrons. The molecule has 36 nitrogen and oxygen atoms in total. The number of hydrogen-bond acceptors (Lipinski definition) is 28. The first kappa shape index (κ1) is 108. The number of aliphatic hydroxyl groups is 10. The van der Waals surface area contributed by atoms with Gasteiger partial charge in [0.25, 0.3) is 28.1 Å². The summed E-state index contributed by atoms with van der Waals surface area (Å²) in [5, 5.41) is 112. The number of aromatic nitrogens is 8. The minimum absolute atomic E-state index is 0.0679. The van der Waals surface area contributed by atoms with Crippen molar-refractivity contribution in [1.82, 2.24) is 59.1 Å². The first-order valence-electron chi connectivity index (χ1n) is 41.8. The van der Waals surface area contributed by atoms with E-state index in [0.29, 0.717) is 73.3 Å². The van der Waals surface area contributed by atoms with Crippen molar-refractivity contribution in [1.29, 1.82) is 0 Å². The van der Waals surface area contributed by atoms with Gasteiger partial charge in [0, 0.05) is 55.2 Å². The molecule has 0 radical (unpaired) electrons. The predicted molar refractivity (Wildman–Crippen MR) is 512 cm³/mol. The summed E-state index contributed by atoms with van der Waals surface area (Å²) < 4.78 is 34.0. The highest BCUT2D eigenvalue weighted by Gasteiger charge is 2.50. The van der Waals surface area contributed by atoms with Gasteiger partial charge in [-0.25, -0.2) is 14.4 Å². The number of nitrogens with zero attached hydrogens (tertiary/aromatic N) is 5. The maximum atomic E-state index is 12.2. The molecule has 6 aliphatic rings. The number of nitrogens with one attached hydrogen (secondary N) is 7. The molecule has 5 fully saturated rings. The number of hydrogen-bond donors (Lipinski definition) is 17. The lowest BCUT2D eigenvalue weighted by molar-refractivity contribution is -0.119. The van der Waals surface area contributed by atoms with E-state index in [9.17, 15) is 94.2 Å². The summed E-state index contributed by atoms with van der Waals surface area (Å²) in [6, 6.07) is 0. The number of allylic oxidation sites excluding steroid dienone is 2. The molecule has 126 heavy (non-hydrogen) atoms. The van der Waals surface area contributed by atoms with Crippen molar-refractivity contribution in [2.45, 2.75) is 215 Å². The monoisotopic (exact) mass is 1880 g/mol. The summed E-state index contributed by atoms with van der Waals surface area (Å²) in [7, 11) is 0. The largest absolute Gasteiger partial charge is 0.388 e. The highest BCUT2D eigenvalue weighted by atomic mass is 32.1. The zero-order chi connectivity index (χ0) is 94.7. The molecule has 0 aliphatic carbocycles. The fourth-order valence-electron chi connectivity index (χ4n) is 13.9. The molecular formula is C84H137N12O24P5S. The molecule has 10 heterocycles. The number of ether oxygens (including phenoxy) is 5. The molecule has 42 heteroatoms. The van der Waals surface area contributed by atoms with E-state index in [0.717, 1.165) is 76.9 Å². The van der Waals surface area contributed by atoms with Gasteiger partial charge < -0.3 is 95.6 Å². The third kappa shape index (κ3) is 31.7. The number of carbonyl (C=O) groups excluding carboxylic acids is 2. The van der Waals surface area contributed by atoms with Gasteiger partial charge in [-0.2, -0.15) is 0 Å². The second kappa shape index (κ2) is 47.6. The molecule has 5 saturated heterocycles. The molecule has 4 aromatic heterocycles. The standard InChI is InChI=1S/C17H30N3O5P.C17H30N3O4PS.C17H25N2O6P.C17H27N2O5P.C16H25N2O4P/c1-5-7-18-9-11-10-20(17(24)19-15(11)23)16-14(22)13(21)12(25-16)6-8-26(2,3)4;1-5-7-18-9-11-10-20(17(26)19-15(11)23)16-14(22)13(21)12(24-16)6-8-25(2,3)4;1-10(20)5-6-11-9-19(17(24)18-15(11)23)16-14(22)13(21)12(25-16)7-8-26(2,3)4;1-5-6-7-11-10-19(17(23)18-15(11)22)16-14(21)13(20)12(24-16)8-9-25(2,3)4;1-6-11-9-18(10(2)17-15(11)21)16-14(20)13(19)12(22-16)7-8-23(3,4)5/h10,12-14,16,18,21-22H,2,5-9H2,1,3-4H3,(H,19,23,24);10,12-14,16,18,21-22H,2,5-9H2,1,3-4H3,(H,19,23,26);5-6,9,12-14,16,21-22H,2,7-8H2,1,3-4H3,(H,18,23,24);6-7,10,12-14,16,20-21H,2,5,8-9H2,1,3-4H3,(H,18,22,23);6,9,12-14,16,19-20H,1-3,7-8H2,4-5H3,(H,17,21)/b;;6-5+;7-6+;/t5*12-,13-,14-,16-/m11111/s1. The van der Waals surface area contributed by atoms with Gasteiger partial charge in [0.2, 0.25) is 0 Å². The summed E-state index contributed by atoms with van der Waals surface area (Å²) in [6.07, 6.45) is 25.8. The number of H-pyrrole nitrogens is 4. The average Bonchev–Trinajstić information content (AvgIpc) is 1.66. The Morgan fingerprint density at radius 3 is 1.08 bits per heavy atom. The minimum atomic E-state index is -1.33. The first-order valence-corrected chi connectivity index (χ1v) is 57.5. The minimum Gasteiger partial charge on any atom is -0.388 e. The van der Waals surface area contributed by atoms with Crippen LogP contribution in [0.2, 0.25) is 0 Å². The van der Waals surface area contributed by atoms with Crippen LogP contribution >= 0.6 is 46.6 Å². The maximum Gasteiger partial charge on any atom is 0.330 e. The number of ketones is 1. The van der Waals surface area contributed by atoms with Crippen LogP contribution in [-0.4, -0.2) is 346 Å². The van der Waals surface area contributed by atoms with Crippen LogP contribution in [0.15, 0.2) is 107 Å². The molecule has 1 amide bonds.